The largest absolute Gasteiger partial charge is 0.427 e. The quantitative estimate of drug-likeness (QED) is 0.458. The van der Waals surface area contributed by atoms with Crippen molar-refractivity contribution in [1.29, 1.82) is 0 Å². The second kappa shape index (κ2) is 5.14. The first-order valence-corrected chi connectivity index (χ1v) is 6.70. The highest BCUT2D eigenvalue weighted by Crippen LogP contribution is 2.38. The highest BCUT2D eigenvalue weighted by molar-refractivity contribution is 5.99. The number of esters is 2. The number of carbonyl (C=O) groups excluding carboxylic acids is 3. The average Bonchev–Trinajstić information content (AvgIpc) is 2.57. The molecule has 2 aliphatic heterocycles. The maximum absolute atomic E-state index is 12.0. The molecule has 1 fully saturated rings. The van der Waals surface area contributed by atoms with Crippen LogP contribution in [-0.4, -0.2) is 46.8 Å². The normalized spacial score (nSPS) is 24.6. The van der Waals surface area contributed by atoms with Crippen LogP contribution in [0.1, 0.15) is 34.1 Å². The molecule has 0 radical (unpaired) electrons. The summed E-state index contributed by atoms with van der Waals surface area (Å²) in [6, 6.07) is -0.378. The van der Waals surface area contributed by atoms with Gasteiger partial charge in [-0.25, -0.2) is 4.79 Å². The van der Waals surface area contributed by atoms with E-state index in [2.05, 4.69) is 0 Å². The molecule has 2 rings (SSSR count). The van der Waals surface area contributed by atoms with E-state index >= 15 is 0 Å². The zero-order chi connectivity index (χ0) is 15.9. The second-order valence-corrected chi connectivity index (χ2v) is 6.24. The van der Waals surface area contributed by atoms with Crippen LogP contribution in [0.15, 0.2) is 11.3 Å². The van der Waals surface area contributed by atoms with Gasteiger partial charge in [-0.1, -0.05) is 0 Å². The molecule has 2 aliphatic rings. The van der Waals surface area contributed by atoms with Crippen LogP contribution in [0.3, 0.4) is 0 Å². The molecule has 0 aromatic rings. The molecule has 21 heavy (non-hydrogen) atoms. The lowest BCUT2D eigenvalue weighted by Crippen LogP contribution is -2.53. The van der Waals surface area contributed by atoms with Gasteiger partial charge >= 0.3 is 11.9 Å². The van der Waals surface area contributed by atoms with Gasteiger partial charge in [0.15, 0.2) is 0 Å². The number of ether oxygens (including phenoxy) is 2. The van der Waals surface area contributed by atoms with E-state index in [4.69, 9.17) is 9.47 Å². The minimum atomic E-state index is -0.845. The van der Waals surface area contributed by atoms with Crippen molar-refractivity contribution in [3.05, 3.63) is 11.3 Å². The molecule has 0 spiro atoms. The Labute approximate surface area is 122 Å². The maximum atomic E-state index is 12.0. The number of carbonyl (C=O) groups is 3. The van der Waals surface area contributed by atoms with Crippen LogP contribution < -0.4 is 0 Å². The van der Waals surface area contributed by atoms with Crippen molar-refractivity contribution >= 4 is 17.8 Å². The maximum Gasteiger partial charge on any atom is 0.357 e. The molecule has 7 nitrogen and oxygen atoms in total. The van der Waals surface area contributed by atoms with Gasteiger partial charge in [0.25, 0.3) is 0 Å². The standard InChI is InChI=1S/C14H19NO6/c1-7-10(15-8(11(7)17)5-9(15)16)12(18)20-6-21-13(19)14(2,3)4/h8,11,17H,5-6H2,1-4H3/t8-,11-/m0/s1. The molecule has 0 aromatic heterocycles. The number of rotatable bonds is 3. The molecule has 1 N–H and O–H groups in total. The number of hydrogen-bond acceptors (Lipinski definition) is 6. The Kier molecular flexibility index (Phi) is 3.79. The summed E-state index contributed by atoms with van der Waals surface area (Å²) in [7, 11) is 0. The first-order chi connectivity index (χ1) is 9.64. The SMILES string of the molecule is CC1=C(C(=O)OCOC(=O)C(C)(C)C)N2C(=O)C[C@H]2[C@H]1O. The van der Waals surface area contributed by atoms with E-state index in [1.165, 1.54) is 4.90 Å². The molecular weight excluding hydrogens is 278 g/mol. The smallest absolute Gasteiger partial charge is 0.357 e. The molecule has 116 valence electrons. The predicted molar refractivity (Wildman–Crippen MR) is 70.5 cm³/mol. The molecule has 2 atom stereocenters. The molecule has 2 heterocycles. The average molecular weight is 297 g/mol. The minimum Gasteiger partial charge on any atom is -0.427 e. The summed E-state index contributed by atoms with van der Waals surface area (Å²) < 4.78 is 9.70. The van der Waals surface area contributed by atoms with Gasteiger partial charge in [-0.3, -0.25) is 14.5 Å². The zero-order valence-electron chi connectivity index (χ0n) is 12.5. The van der Waals surface area contributed by atoms with E-state index in [0.717, 1.165) is 0 Å². The molecule has 0 unspecified atom stereocenters. The van der Waals surface area contributed by atoms with E-state index < -0.39 is 30.3 Å². The van der Waals surface area contributed by atoms with Crippen molar-refractivity contribution in [2.45, 2.75) is 46.3 Å². The lowest BCUT2D eigenvalue weighted by Gasteiger charge is -2.36. The van der Waals surface area contributed by atoms with Crippen LogP contribution in [0.5, 0.6) is 0 Å². The van der Waals surface area contributed by atoms with Gasteiger partial charge in [0, 0.05) is 0 Å². The van der Waals surface area contributed by atoms with E-state index in [1.807, 2.05) is 0 Å². The lowest BCUT2D eigenvalue weighted by molar-refractivity contribution is -0.173. The number of aliphatic hydroxyl groups excluding tert-OH is 1. The van der Waals surface area contributed by atoms with E-state index in [1.54, 1.807) is 27.7 Å². The third-order valence-corrected chi connectivity index (χ3v) is 3.59. The van der Waals surface area contributed by atoms with Crippen molar-refractivity contribution < 1.29 is 29.0 Å². The molecule has 0 aliphatic carbocycles. The summed E-state index contributed by atoms with van der Waals surface area (Å²) in [5.74, 6) is -1.50. The van der Waals surface area contributed by atoms with Crippen LogP contribution in [0, 0.1) is 5.41 Å². The Bertz CT molecular complexity index is 530. The van der Waals surface area contributed by atoms with E-state index in [9.17, 15) is 19.5 Å². The highest BCUT2D eigenvalue weighted by atomic mass is 16.7. The Morgan fingerprint density at radius 1 is 1.33 bits per heavy atom. The van der Waals surface area contributed by atoms with Crippen molar-refractivity contribution in [3.63, 3.8) is 0 Å². The molecule has 0 saturated carbocycles. The Balaban J connectivity index is 1.95. The monoisotopic (exact) mass is 297 g/mol. The van der Waals surface area contributed by atoms with Crippen LogP contribution in [0.2, 0.25) is 0 Å². The van der Waals surface area contributed by atoms with Gasteiger partial charge in [0.05, 0.1) is 24.0 Å². The molecule has 1 amide bonds. The van der Waals surface area contributed by atoms with Crippen LogP contribution in [0.4, 0.5) is 0 Å². The Morgan fingerprint density at radius 2 is 1.95 bits per heavy atom. The zero-order valence-corrected chi connectivity index (χ0v) is 12.5. The summed E-state index contributed by atoms with van der Waals surface area (Å²) in [5, 5.41) is 9.90. The molecule has 7 heteroatoms. The van der Waals surface area contributed by atoms with Gasteiger partial charge in [-0.15, -0.1) is 0 Å². The fourth-order valence-electron chi connectivity index (χ4n) is 2.28. The first-order valence-electron chi connectivity index (χ1n) is 6.70. The minimum absolute atomic E-state index is 0.0514. The number of fused-ring (bicyclic) bond motifs is 1. The van der Waals surface area contributed by atoms with Gasteiger partial charge < -0.3 is 14.6 Å². The van der Waals surface area contributed by atoms with Gasteiger partial charge in [0.2, 0.25) is 12.7 Å². The topological polar surface area (TPSA) is 93.1 Å². The van der Waals surface area contributed by atoms with Crippen molar-refractivity contribution in [3.8, 4) is 0 Å². The van der Waals surface area contributed by atoms with Crippen LogP contribution in [0.25, 0.3) is 0 Å². The third-order valence-electron chi connectivity index (χ3n) is 3.59. The number of amides is 1. The summed E-state index contributed by atoms with van der Waals surface area (Å²) in [5.41, 5.74) is -0.238. The molecule has 0 aromatic carbocycles. The number of β-lactam (4-membered cyclic amide) rings is 1. The summed E-state index contributed by atoms with van der Waals surface area (Å²) in [4.78, 5) is 36.3. The lowest BCUT2D eigenvalue weighted by atomic mass is 9.98. The third kappa shape index (κ3) is 2.65. The molecule has 0 bridgehead atoms. The van der Waals surface area contributed by atoms with Crippen molar-refractivity contribution in [2.24, 2.45) is 5.41 Å². The number of hydrogen-bond donors (Lipinski definition) is 1. The summed E-state index contributed by atoms with van der Waals surface area (Å²) in [6.07, 6.45) is -0.628. The fraction of sp³-hybridized carbons (Fsp3) is 0.643. The number of nitrogens with zero attached hydrogens (tertiary/aromatic N) is 1. The van der Waals surface area contributed by atoms with Crippen LogP contribution in [-0.2, 0) is 23.9 Å². The summed E-state index contributed by atoms with van der Waals surface area (Å²) >= 11 is 0. The van der Waals surface area contributed by atoms with Gasteiger partial charge in [0.1, 0.15) is 5.70 Å². The summed E-state index contributed by atoms with van der Waals surface area (Å²) in [6.45, 7) is 6.10. The van der Waals surface area contributed by atoms with Crippen LogP contribution >= 0.6 is 0 Å². The van der Waals surface area contributed by atoms with Gasteiger partial charge in [-0.2, -0.15) is 0 Å². The predicted octanol–water partition coefficient (Wildman–Crippen LogP) is 0.326. The highest BCUT2D eigenvalue weighted by Gasteiger charge is 2.52. The first kappa shape index (κ1) is 15.5. The van der Waals surface area contributed by atoms with Gasteiger partial charge in [-0.05, 0) is 33.3 Å². The number of aliphatic hydroxyl groups is 1. The van der Waals surface area contributed by atoms with E-state index in [-0.39, 0.29) is 24.1 Å². The van der Waals surface area contributed by atoms with E-state index in [0.29, 0.717) is 5.57 Å². The Morgan fingerprint density at radius 3 is 2.48 bits per heavy atom. The molecular formula is C14H19NO6. The fourth-order valence-corrected chi connectivity index (χ4v) is 2.28. The van der Waals surface area contributed by atoms with Crippen molar-refractivity contribution in [1.82, 2.24) is 4.90 Å². The Hall–Kier alpha value is -1.89. The second-order valence-electron chi connectivity index (χ2n) is 6.24. The van der Waals surface area contributed by atoms with Crippen molar-refractivity contribution in [2.75, 3.05) is 6.79 Å². The molecule has 1 saturated heterocycles.